The average molecular weight is 342 g/mol. The Morgan fingerprint density at radius 2 is 2.25 bits per heavy atom. The summed E-state index contributed by atoms with van der Waals surface area (Å²) in [7, 11) is 0. The molecule has 0 saturated heterocycles. The van der Waals surface area contributed by atoms with Crippen LogP contribution in [0.2, 0.25) is 0 Å². The summed E-state index contributed by atoms with van der Waals surface area (Å²) >= 11 is 1.82. The summed E-state index contributed by atoms with van der Waals surface area (Å²) in [5, 5.41) is 8.62. The highest BCUT2D eigenvalue weighted by Gasteiger charge is 2.19. The van der Waals surface area contributed by atoms with E-state index in [1.807, 2.05) is 22.6 Å². The minimum Gasteiger partial charge on any atom is -0.481 e. The summed E-state index contributed by atoms with van der Waals surface area (Å²) in [6, 6.07) is 0. The second-order valence-corrected chi connectivity index (χ2v) is 4.12. The van der Waals surface area contributed by atoms with E-state index in [1.165, 1.54) is 0 Å². The van der Waals surface area contributed by atoms with Crippen LogP contribution >= 0.6 is 22.6 Å². The predicted molar refractivity (Wildman–Crippen MR) is 61.1 cm³/mol. The lowest BCUT2D eigenvalue weighted by Crippen LogP contribution is -2.11. The highest BCUT2D eigenvalue weighted by atomic mass is 127. The fourth-order valence-electron chi connectivity index (χ4n) is 1.26. The quantitative estimate of drug-likeness (QED) is 0.817. The molecule has 0 atom stereocenters. The molecule has 1 aromatic rings. The van der Waals surface area contributed by atoms with E-state index in [9.17, 15) is 13.6 Å². The van der Waals surface area contributed by atoms with Crippen LogP contribution in [0.4, 0.5) is 8.78 Å². The summed E-state index contributed by atoms with van der Waals surface area (Å²) in [6.07, 6.45) is -1.79. The number of alkyl halides is 2. The topological polar surface area (TPSA) is 76.2 Å². The van der Waals surface area contributed by atoms with Gasteiger partial charge in [-0.05, 0) is 28.2 Å². The summed E-state index contributed by atoms with van der Waals surface area (Å²) in [5.41, 5.74) is 5.61. The molecular formula is C9H9F2IN2O2. The van der Waals surface area contributed by atoms with Crippen molar-refractivity contribution in [3.63, 3.8) is 0 Å². The lowest BCUT2D eigenvalue weighted by molar-refractivity contribution is -0.136. The van der Waals surface area contributed by atoms with Crippen LogP contribution in [0.25, 0.3) is 0 Å². The number of aliphatic carboxylic acids is 1. The zero-order valence-corrected chi connectivity index (χ0v) is 10.2. The van der Waals surface area contributed by atoms with E-state index in [0.29, 0.717) is 9.13 Å². The normalized spacial score (nSPS) is 10.8. The van der Waals surface area contributed by atoms with Crippen LogP contribution in [0.3, 0.4) is 0 Å². The van der Waals surface area contributed by atoms with Crippen LogP contribution in [0.1, 0.15) is 23.2 Å². The van der Waals surface area contributed by atoms with Crippen LogP contribution in [-0.2, 0) is 17.8 Å². The van der Waals surface area contributed by atoms with Crippen molar-refractivity contribution in [2.24, 2.45) is 5.73 Å². The number of pyridine rings is 1. The van der Waals surface area contributed by atoms with Gasteiger partial charge in [0.1, 0.15) is 5.69 Å². The molecular weight excluding hydrogens is 333 g/mol. The van der Waals surface area contributed by atoms with Gasteiger partial charge in [-0.1, -0.05) is 0 Å². The Morgan fingerprint density at radius 3 is 2.69 bits per heavy atom. The molecule has 1 rings (SSSR count). The Labute approximate surface area is 104 Å². The monoisotopic (exact) mass is 342 g/mol. The first-order valence-electron chi connectivity index (χ1n) is 4.33. The highest BCUT2D eigenvalue weighted by molar-refractivity contribution is 14.1. The third kappa shape index (κ3) is 2.85. The maximum Gasteiger partial charge on any atom is 0.307 e. The van der Waals surface area contributed by atoms with Gasteiger partial charge in [-0.3, -0.25) is 9.78 Å². The molecule has 0 bridgehead atoms. The number of aromatic nitrogens is 1. The molecule has 16 heavy (non-hydrogen) atoms. The van der Waals surface area contributed by atoms with E-state index in [2.05, 4.69) is 4.98 Å². The molecule has 7 heteroatoms. The summed E-state index contributed by atoms with van der Waals surface area (Å²) in [4.78, 5) is 14.1. The zero-order chi connectivity index (χ0) is 12.3. The number of hydrogen-bond donors (Lipinski definition) is 2. The van der Waals surface area contributed by atoms with Gasteiger partial charge < -0.3 is 10.8 Å². The van der Waals surface area contributed by atoms with Gasteiger partial charge in [0.25, 0.3) is 6.43 Å². The number of hydrogen-bond acceptors (Lipinski definition) is 3. The highest BCUT2D eigenvalue weighted by Crippen LogP contribution is 2.26. The molecule has 0 aliphatic rings. The fraction of sp³-hybridized carbons (Fsp3) is 0.333. The second-order valence-electron chi connectivity index (χ2n) is 3.04. The molecule has 3 N–H and O–H groups in total. The Morgan fingerprint density at radius 1 is 1.62 bits per heavy atom. The smallest absolute Gasteiger partial charge is 0.307 e. The largest absolute Gasteiger partial charge is 0.481 e. The van der Waals surface area contributed by atoms with E-state index in [-0.39, 0.29) is 24.2 Å². The first kappa shape index (κ1) is 13.2. The lowest BCUT2D eigenvalue weighted by Gasteiger charge is -2.11. The summed E-state index contributed by atoms with van der Waals surface area (Å²) in [6.45, 7) is -0.0849. The minimum absolute atomic E-state index is 0.0849. The number of nitrogens with zero attached hydrogens (tertiary/aromatic N) is 1. The Hall–Kier alpha value is -0.830. The van der Waals surface area contributed by atoms with Gasteiger partial charge in [-0.2, -0.15) is 0 Å². The first-order valence-corrected chi connectivity index (χ1v) is 5.41. The van der Waals surface area contributed by atoms with Gasteiger partial charge in [0.2, 0.25) is 0 Å². The maximum absolute atomic E-state index is 12.6. The number of rotatable bonds is 4. The second kappa shape index (κ2) is 5.48. The Kier molecular flexibility index (Phi) is 4.54. The molecule has 4 nitrogen and oxygen atoms in total. The Balaban J connectivity index is 3.23. The first-order chi connectivity index (χ1) is 7.47. The number of halogens is 3. The number of carboxylic acid groups (broad SMARTS) is 1. The molecule has 1 aromatic heterocycles. The van der Waals surface area contributed by atoms with Gasteiger partial charge in [0.15, 0.2) is 0 Å². The zero-order valence-electron chi connectivity index (χ0n) is 8.08. The van der Waals surface area contributed by atoms with E-state index in [4.69, 9.17) is 10.8 Å². The molecule has 0 amide bonds. The van der Waals surface area contributed by atoms with E-state index < -0.39 is 12.4 Å². The van der Waals surface area contributed by atoms with Crippen molar-refractivity contribution in [3.05, 3.63) is 26.6 Å². The van der Waals surface area contributed by atoms with Gasteiger partial charge in [0.05, 0.1) is 6.42 Å². The lowest BCUT2D eigenvalue weighted by atomic mass is 10.1. The molecule has 0 saturated carbocycles. The third-order valence-electron chi connectivity index (χ3n) is 1.97. The van der Waals surface area contributed by atoms with Crippen LogP contribution in [0, 0.1) is 3.57 Å². The van der Waals surface area contributed by atoms with Crippen molar-refractivity contribution in [3.8, 4) is 0 Å². The molecule has 0 aromatic carbocycles. The summed E-state index contributed by atoms with van der Waals surface area (Å²) < 4.78 is 25.6. The predicted octanol–water partition coefficient (Wildman–Crippen LogP) is 1.71. The number of nitrogens with two attached hydrogens (primary N) is 1. The van der Waals surface area contributed by atoms with Crippen LogP contribution < -0.4 is 5.73 Å². The van der Waals surface area contributed by atoms with Crippen molar-refractivity contribution in [2.75, 3.05) is 0 Å². The summed E-state index contributed by atoms with van der Waals surface area (Å²) in [5.74, 6) is -1.03. The molecule has 0 spiro atoms. The fourth-order valence-corrected chi connectivity index (χ4v) is 2.08. The molecule has 88 valence electrons. The van der Waals surface area contributed by atoms with E-state index >= 15 is 0 Å². The van der Waals surface area contributed by atoms with Gasteiger partial charge in [0, 0.05) is 21.9 Å². The van der Waals surface area contributed by atoms with Crippen molar-refractivity contribution < 1.29 is 18.7 Å². The molecule has 0 aliphatic heterocycles. The minimum atomic E-state index is -2.70. The molecule has 0 aliphatic carbocycles. The number of carbonyl (C=O) groups is 1. The number of carboxylic acids is 1. The molecule has 1 heterocycles. The maximum atomic E-state index is 12.6. The SMILES string of the molecule is NCc1c(C(F)F)ncc(CC(=O)O)c1I. The van der Waals surface area contributed by atoms with Crippen molar-refractivity contribution in [1.29, 1.82) is 0 Å². The third-order valence-corrected chi connectivity index (χ3v) is 3.31. The average Bonchev–Trinajstić information content (AvgIpc) is 2.19. The molecule has 0 unspecified atom stereocenters. The Bertz CT molecular complexity index is 413. The van der Waals surface area contributed by atoms with E-state index in [0.717, 1.165) is 6.20 Å². The van der Waals surface area contributed by atoms with Crippen LogP contribution in [-0.4, -0.2) is 16.1 Å². The standard InChI is InChI=1S/C9H9F2IN2O2/c10-9(11)8-5(2-13)7(12)4(3-14-8)1-6(15)16/h3,9H,1-2,13H2,(H,15,16). The van der Waals surface area contributed by atoms with Gasteiger partial charge >= 0.3 is 5.97 Å². The van der Waals surface area contributed by atoms with Crippen LogP contribution in [0.5, 0.6) is 0 Å². The van der Waals surface area contributed by atoms with Crippen molar-refractivity contribution in [2.45, 2.75) is 19.4 Å². The molecule has 0 radical (unpaired) electrons. The van der Waals surface area contributed by atoms with Gasteiger partial charge in [-0.25, -0.2) is 8.78 Å². The van der Waals surface area contributed by atoms with Gasteiger partial charge in [-0.15, -0.1) is 0 Å². The van der Waals surface area contributed by atoms with Crippen molar-refractivity contribution in [1.82, 2.24) is 4.98 Å². The molecule has 0 fully saturated rings. The van der Waals surface area contributed by atoms with E-state index in [1.54, 1.807) is 0 Å². The van der Waals surface area contributed by atoms with Crippen molar-refractivity contribution >= 4 is 28.6 Å². The van der Waals surface area contributed by atoms with Crippen LogP contribution in [0.15, 0.2) is 6.20 Å².